The predicted molar refractivity (Wildman–Crippen MR) is 85.1 cm³/mol. The molecule has 0 saturated carbocycles. The van der Waals surface area contributed by atoms with Crippen LogP contribution in [0.2, 0.25) is 0 Å². The molecule has 6 heteroatoms. The Morgan fingerprint density at radius 1 is 1.22 bits per heavy atom. The van der Waals surface area contributed by atoms with E-state index in [-0.39, 0.29) is 5.91 Å². The van der Waals surface area contributed by atoms with Gasteiger partial charge in [0.15, 0.2) is 5.82 Å². The van der Waals surface area contributed by atoms with Crippen molar-refractivity contribution < 1.29 is 4.79 Å². The van der Waals surface area contributed by atoms with E-state index in [1.165, 1.54) is 0 Å². The summed E-state index contributed by atoms with van der Waals surface area (Å²) in [7, 11) is 0. The minimum Gasteiger partial charge on any atom is -0.321 e. The van der Waals surface area contributed by atoms with Crippen LogP contribution in [-0.4, -0.2) is 20.7 Å². The number of hydrogen-bond acceptors (Lipinski definition) is 4. The average Bonchev–Trinajstić information content (AvgIpc) is 3.01. The SMILES string of the molecule is N#C/C(=C1\C(=O)Nc2ccccc21)c1nnc2n1CCCCC2. The van der Waals surface area contributed by atoms with E-state index in [0.29, 0.717) is 17.0 Å². The van der Waals surface area contributed by atoms with Crippen molar-refractivity contribution >= 4 is 22.7 Å². The van der Waals surface area contributed by atoms with E-state index in [4.69, 9.17) is 0 Å². The molecular weight excluding hydrogens is 290 g/mol. The number of benzene rings is 1. The van der Waals surface area contributed by atoms with Crippen LogP contribution in [0, 0.1) is 11.3 Å². The largest absolute Gasteiger partial charge is 0.321 e. The number of allylic oxidation sites excluding steroid dienone is 1. The van der Waals surface area contributed by atoms with Gasteiger partial charge < -0.3 is 9.88 Å². The van der Waals surface area contributed by atoms with Crippen molar-refractivity contribution in [3.8, 4) is 6.07 Å². The van der Waals surface area contributed by atoms with Gasteiger partial charge in [0.25, 0.3) is 5.91 Å². The van der Waals surface area contributed by atoms with Crippen molar-refractivity contribution in [1.82, 2.24) is 14.8 Å². The highest BCUT2D eigenvalue weighted by Gasteiger charge is 2.30. The number of amides is 1. The topological polar surface area (TPSA) is 83.6 Å². The van der Waals surface area contributed by atoms with Crippen LogP contribution in [0.3, 0.4) is 0 Å². The fourth-order valence-corrected chi connectivity index (χ4v) is 3.25. The molecular formula is C17H15N5O. The van der Waals surface area contributed by atoms with Crippen molar-refractivity contribution in [3.63, 3.8) is 0 Å². The van der Waals surface area contributed by atoms with Crippen molar-refractivity contribution in [1.29, 1.82) is 5.26 Å². The lowest BCUT2D eigenvalue weighted by atomic mass is 10.0. The van der Waals surface area contributed by atoms with E-state index in [9.17, 15) is 10.1 Å². The molecule has 0 unspecified atom stereocenters. The number of anilines is 1. The Morgan fingerprint density at radius 3 is 2.96 bits per heavy atom. The Labute approximate surface area is 133 Å². The molecule has 2 aliphatic rings. The zero-order valence-electron chi connectivity index (χ0n) is 12.5. The van der Waals surface area contributed by atoms with Crippen molar-refractivity contribution in [2.45, 2.75) is 32.2 Å². The van der Waals surface area contributed by atoms with Gasteiger partial charge in [-0.3, -0.25) is 4.79 Å². The van der Waals surface area contributed by atoms with Crippen LogP contribution in [0.4, 0.5) is 5.69 Å². The number of nitrogens with one attached hydrogen (secondary N) is 1. The molecule has 23 heavy (non-hydrogen) atoms. The molecule has 1 N–H and O–H groups in total. The van der Waals surface area contributed by atoms with Crippen LogP contribution in [0.25, 0.3) is 11.1 Å². The smallest absolute Gasteiger partial charge is 0.257 e. The highest BCUT2D eigenvalue weighted by atomic mass is 16.2. The van der Waals surface area contributed by atoms with Crippen LogP contribution in [-0.2, 0) is 17.8 Å². The molecule has 0 spiro atoms. The van der Waals surface area contributed by atoms with Crippen LogP contribution in [0.1, 0.15) is 36.5 Å². The first-order valence-electron chi connectivity index (χ1n) is 7.77. The number of carbonyl (C=O) groups excluding carboxylic acids is 1. The van der Waals surface area contributed by atoms with Gasteiger partial charge in [-0.2, -0.15) is 5.26 Å². The Kier molecular flexibility index (Phi) is 3.19. The second kappa shape index (κ2) is 5.36. The van der Waals surface area contributed by atoms with Gasteiger partial charge in [-0.25, -0.2) is 0 Å². The molecule has 0 bridgehead atoms. The van der Waals surface area contributed by atoms with Gasteiger partial charge in [0.1, 0.15) is 17.5 Å². The summed E-state index contributed by atoms with van der Waals surface area (Å²) in [4.78, 5) is 12.4. The summed E-state index contributed by atoms with van der Waals surface area (Å²) in [5, 5.41) is 21.0. The number of aromatic nitrogens is 3. The van der Waals surface area contributed by atoms with Crippen LogP contribution < -0.4 is 5.32 Å². The van der Waals surface area contributed by atoms with Crippen molar-refractivity contribution in [3.05, 3.63) is 41.5 Å². The Bertz CT molecular complexity index is 871. The first-order valence-corrected chi connectivity index (χ1v) is 7.77. The first-order chi connectivity index (χ1) is 11.3. The fraction of sp³-hybridized carbons (Fsp3) is 0.294. The summed E-state index contributed by atoms with van der Waals surface area (Å²) in [6.07, 6.45) is 4.13. The zero-order chi connectivity index (χ0) is 15.8. The molecule has 0 saturated heterocycles. The summed E-state index contributed by atoms with van der Waals surface area (Å²) in [5.41, 5.74) is 2.17. The van der Waals surface area contributed by atoms with Crippen molar-refractivity contribution in [2.75, 3.05) is 5.32 Å². The molecule has 0 radical (unpaired) electrons. The summed E-state index contributed by atoms with van der Waals surface area (Å²) in [5.74, 6) is 1.15. The molecule has 1 aromatic carbocycles. The van der Waals surface area contributed by atoms with Gasteiger partial charge in [-0.1, -0.05) is 24.6 Å². The summed E-state index contributed by atoms with van der Waals surface area (Å²) >= 11 is 0. The van der Waals surface area contributed by atoms with E-state index in [1.807, 2.05) is 28.8 Å². The quantitative estimate of drug-likeness (QED) is 0.647. The number of nitriles is 1. The van der Waals surface area contributed by atoms with E-state index in [0.717, 1.165) is 49.3 Å². The number of hydrogen-bond donors (Lipinski definition) is 1. The molecule has 1 amide bonds. The number of aryl methyl sites for hydroxylation is 1. The highest BCUT2D eigenvalue weighted by Crippen LogP contribution is 2.36. The number of carbonyl (C=O) groups is 1. The third-order valence-electron chi connectivity index (χ3n) is 4.37. The second-order valence-corrected chi connectivity index (χ2v) is 5.76. The number of para-hydroxylation sites is 1. The summed E-state index contributed by atoms with van der Waals surface area (Å²) < 4.78 is 1.99. The van der Waals surface area contributed by atoms with Crippen LogP contribution in [0.5, 0.6) is 0 Å². The van der Waals surface area contributed by atoms with Gasteiger partial charge in [0.05, 0.1) is 5.57 Å². The lowest BCUT2D eigenvalue weighted by Gasteiger charge is -2.07. The van der Waals surface area contributed by atoms with Crippen molar-refractivity contribution in [2.24, 2.45) is 0 Å². The monoisotopic (exact) mass is 305 g/mol. The molecule has 2 aromatic rings. The molecule has 114 valence electrons. The normalized spacial score (nSPS) is 18.5. The maximum Gasteiger partial charge on any atom is 0.257 e. The molecule has 1 aromatic heterocycles. The molecule has 0 fully saturated rings. The maximum absolute atomic E-state index is 12.4. The van der Waals surface area contributed by atoms with Gasteiger partial charge >= 0.3 is 0 Å². The molecule has 3 heterocycles. The first kappa shape index (κ1) is 13.7. The minimum absolute atomic E-state index is 0.256. The van der Waals surface area contributed by atoms with E-state index in [1.54, 1.807) is 0 Å². The molecule has 2 aliphatic heterocycles. The zero-order valence-corrected chi connectivity index (χ0v) is 12.5. The van der Waals surface area contributed by atoms with Gasteiger partial charge in [-0.15, -0.1) is 10.2 Å². The van der Waals surface area contributed by atoms with E-state index >= 15 is 0 Å². The summed E-state index contributed by atoms with van der Waals surface area (Å²) in [6, 6.07) is 9.58. The molecule has 0 aliphatic carbocycles. The Morgan fingerprint density at radius 2 is 2.09 bits per heavy atom. The lowest BCUT2D eigenvalue weighted by molar-refractivity contribution is -0.110. The molecule has 6 nitrogen and oxygen atoms in total. The maximum atomic E-state index is 12.4. The number of fused-ring (bicyclic) bond motifs is 2. The number of nitrogens with zero attached hydrogens (tertiary/aromatic N) is 4. The van der Waals surface area contributed by atoms with E-state index < -0.39 is 0 Å². The summed E-state index contributed by atoms with van der Waals surface area (Å²) in [6.45, 7) is 0.791. The predicted octanol–water partition coefficient (Wildman–Crippen LogP) is 2.39. The fourth-order valence-electron chi connectivity index (χ4n) is 3.25. The standard InChI is InChI=1S/C17H15N5O/c18-10-12(15-11-6-3-4-7-13(11)19-17(15)23)16-21-20-14-8-2-1-5-9-22(14)16/h3-4,6-7H,1-2,5,8-9H2,(H,19,23)/b15-12+. The minimum atomic E-state index is -0.256. The van der Waals surface area contributed by atoms with Gasteiger partial charge in [0, 0.05) is 24.2 Å². The average molecular weight is 305 g/mol. The van der Waals surface area contributed by atoms with Crippen LogP contribution in [0.15, 0.2) is 24.3 Å². The molecule has 4 rings (SSSR count). The van der Waals surface area contributed by atoms with E-state index in [2.05, 4.69) is 21.6 Å². The third-order valence-corrected chi connectivity index (χ3v) is 4.37. The van der Waals surface area contributed by atoms with Gasteiger partial charge in [0.2, 0.25) is 0 Å². The highest BCUT2D eigenvalue weighted by molar-refractivity contribution is 6.37. The third kappa shape index (κ3) is 2.13. The second-order valence-electron chi connectivity index (χ2n) is 5.76. The molecule has 0 atom stereocenters. The lowest BCUT2D eigenvalue weighted by Crippen LogP contribution is -2.09. The Hall–Kier alpha value is -2.94. The Balaban J connectivity index is 1.92. The van der Waals surface area contributed by atoms with Crippen LogP contribution >= 0.6 is 0 Å². The number of rotatable bonds is 1. The van der Waals surface area contributed by atoms with Gasteiger partial charge in [-0.05, 0) is 18.9 Å².